The van der Waals surface area contributed by atoms with Crippen LogP contribution < -0.4 is 4.90 Å². The average molecular weight is 498 g/mol. The number of ether oxygens (including phenoxy) is 1. The smallest absolute Gasteiger partial charge is 0.257 e. The second-order valence-corrected chi connectivity index (χ2v) is 9.93. The van der Waals surface area contributed by atoms with Crippen LogP contribution in [-0.2, 0) is 19.1 Å². The first-order chi connectivity index (χ1) is 13.2. The molecule has 2 saturated heterocycles. The lowest BCUT2D eigenvalue weighted by atomic mass is 9.91. The summed E-state index contributed by atoms with van der Waals surface area (Å²) in [6.45, 7) is 7.02. The Morgan fingerprint density at radius 2 is 1.93 bits per heavy atom. The monoisotopic (exact) mass is 498 g/mol. The summed E-state index contributed by atoms with van der Waals surface area (Å²) >= 11 is 2.18. The van der Waals surface area contributed by atoms with Crippen LogP contribution in [0.15, 0.2) is 24.3 Å². The topological polar surface area (TPSA) is 66.9 Å². The van der Waals surface area contributed by atoms with Crippen LogP contribution in [0, 0.1) is 8.99 Å². The van der Waals surface area contributed by atoms with Gasteiger partial charge in [-0.15, -0.1) is 0 Å². The van der Waals surface area contributed by atoms with Gasteiger partial charge < -0.3 is 9.64 Å². The molecule has 2 unspecified atom stereocenters. The van der Waals surface area contributed by atoms with Crippen LogP contribution in [0.5, 0.6) is 0 Å². The molecule has 0 aromatic heterocycles. The Balaban J connectivity index is 1.84. The standard InChI is InChI=1S/C21H27IN2O4/c1-21(2,3)12-19(26)23(13-16-5-4-10-28-16)17-11-18(25)24(20(17)27)15-8-6-14(22)7-9-15/h6-9,16-17H,4-5,10-13H2,1-3H3. The SMILES string of the molecule is CC(C)(C)CC(=O)N(CC1CCCO1)C1CC(=O)N(c2ccc(I)cc2)C1=O. The fraction of sp³-hybridized carbons (Fsp3) is 0.571. The van der Waals surface area contributed by atoms with Crippen LogP contribution in [0.4, 0.5) is 5.69 Å². The zero-order valence-corrected chi connectivity index (χ0v) is 18.8. The van der Waals surface area contributed by atoms with Gasteiger partial charge in [-0.25, -0.2) is 4.90 Å². The van der Waals surface area contributed by atoms with Crippen molar-refractivity contribution in [1.82, 2.24) is 4.90 Å². The minimum atomic E-state index is -0.758. The van der Waals surface area contributed by atoms with E-state index in [9.17, 15) is 14.4 Å². The highest BCUT2D eigenvalue weighted by Gasteiger charge is 2.45. The first-order valence-corrected chi connectivity index (χ1v) is 10.8. The van der Waals surface area contributed by atoms with Gasteiger partial charge in [0.2, 0.25) is 11.8 Å². The lowest BCUT2D eigenvalue weighted by Gasteiger charge is -2.32. The molecule has 0 aliphatic carbocycles. The third-order valence-electron chi connectivity index (χ3n) is 5.01. The normalized spacial score (nSPS) is 22.8. The Hall–Kier alpha value is -1.48. The maximum atomic E-state index is 13.2. The van der Waals surface area contributed by atoms with E-state index in [4.69, 9.17) is 4.74 Å². The van der Waals surface area contributed by atoms with Crippen molar-refractivity contribution >= 4 is 46.0 Å². The number of amides is 3. The van der Waals surface area contributed by atoms with Crippen LogP contribution in [-0.4, -0.2) is 47.9 Å². The summed E-state index contributed by atoms with van der Waals surface area (Å²) in [4.78, 5) is 41.7. The maximum Gasteiger partial charge on any atom is 0.257 e. The number of carbonyl (C=O) groups excluding carboxylic acids is 3. The van der Waals surface area contributed by atoms with E-state index in [0.29, 0.717) is 25.3 Å². The van der Waals surface area contributed by atoms with Gasteiger partial charge in [-0.3, -0.25) is 14.4 Å². The molecule has 28 heavy (non-hydrogen) atoms. The van der Waals surface area contributed by atoms with Gasteiger partial charge in [-0.05, 0) is 65.1 Å². The Morgan fingerprint density at radius 3 is 2.50 bits per heavy atom. The minimum absolute atomic E-state index is 0.0213. The van der Waals surface area contributed by atoms with Gasteiger partial charge >= 0.3 is 0 Å². The fourth-order valence-corrected chi connectivity index (χ4v) is 4.05. The van der Waals surface area contributed by atoms with Gasteiger partial charge in [0.05, 0.1) is 18.2 Å². The Labute approximate surface area is 179 Å². The highest BCUT2D eigenvalue weighted by atomic mass is 127. The van der Waals surface area contributed by atoms with Gasteiger partial charge in [0.15, 0.2) is 0 Å². The number of rotatable bonds is 5. The third-order valence-corrected chi connectivity index (χ3v) is 5.73. The number of carbonyl (C=O) groups is 3. The molecule has 3 rings (SSSR count). The quantitative estimate of drug-likeness (QED) is 0.462. The summed E-state index contributed by atoms with van der Waals surface area (Å²) in [5.41, 5.74) is 0.353. The number of halogens is 1. The molecule has 6 nitrogen and oxygen atoms in total. The molecule has 2 fully saturated rings. The van der Waals surface area contributed by atoms with Crippen molar-refractivity contribution in [3.8, 4) is 0 Å². The van der Waals surface area contributed by atoms with E-state index in [1.54, 1.807) is 17.0 Å². The van der Waals surface area contributed by atoms with Gasteiger partial charge in [-0.1, -0.05) is 20.8 Å². The fourth-order valence-electron chi connectivity index (χ4n) is 3.69. The second kappa shape index (κ2) is 8.49. The molecule has 2 atom stereocenters. The maximum absolute atomic E-state index is 13.2. The summed E-state index contributed by atoms with van der Waals surface area (Å²) < 4.78 is 6.73. The Bertz CT molecular complexity index is 751. The molecule has 1 aromatic rings. The van der Waals surface area contributed by atoms with E-state index in [-0.39, 0.29) is 35.7 Å². The number of hydrogen-bond acceptors (Lipinski definition) is 4. The number of benzene rings is 1. The van der Waals surface area contributed by atoms with E-state index < -0.39 is 6.04 Å². The zero-order valence-electron chi connectivity index (χ0n) is 16.6. The molecule has 3 amide bonds. The molecule has 0 radical (unpaired) electrons. The minimum Gasteiger partial charge on any atom is -0.376 e. The Kier molecular flexibility index (Phi) is 6.44. The van der Waals surface area contributed by atoms with E-state index in [0.717, 1.165) is 16.4 Å². The summed E-state index contributed by atoms with van der Waals surface area (Å²) in [7, 11) is 0. The first-order valence-electron chi connectivity index (χ1n) is 9.69. The van der Waals surface area contributed by atoms with Gasteiger partial charge in [0.1, 0.15) is 6.04 Å². The van der Waals surface area contributed by atoms with Crippen molar-refractivity contribution in [2.24, 2.45) is 5.41 Å². The molecule has 2 aliphatic heterocycles. The average Bonchev–Trinajstić information content (AvgIpc) is 3.20. The van der Waals surface area contributed by atoms with Crippen LogP contribution in [0.1, 0.15) is 46.5 Å². The van der Waals surface area contributed by atoms with E-state index in [2.05, 4.69) is 22.6 Å². The molecule has 2 aliphatic rings. The van der Waals surface area contributed by atoms with E-state index >= 15 is 0 Å². The van der Waals surface area contributed by atoms with Crippen LogP contribution in [0.3, 0.4) is 0 Å². The number of anilines is 1. The molecule has 0 bridgehead atoms. The first kappa shape index (κ1) is 21.2. The number of hydrogen-bond donors (Lipinski definition) is 0. The highest BCUT2D eigenvalue weighted by Crippen LogP contribution is 2.29. The molecular weight excluding hydrogens is 471 g/mol. The van der Waals surface area contributed by atoms with Crippen LogP contribution >= 0.6 is 22.6 Å². The molecule has 0 N–H and O–H groups in total. The molecule has 7 heteroatoms. The van der Waals surface area contributed by atoms with E-state index in [1.807, 2.05) is 32.9 Å². The zero-order chi connectivity index (χ0) is 20.5. The lowest BCUT2D eigenvalue weighted by molar-refractivity contribution is -0.141. The third kappa shape index (κ3) is 4.92. The summed E-state index contributed by atoms with van der Waals surface area (Å²) in [6.07, 6.45) is 2.10. The number of imide groups is 1. The van der Waals surface area contributed by atoms with Crippen molar-refractivity contribution < 1.29 is 19.1 Å². The lowest BCUT2D eigenvalue weighted by Crippen LogP contribution is -2.49. The highest BCUT2D eigenvalue weighted by molar-refractivity contribution is 14.1. The van der Waals surface area contributed by atoms with Crippen molar-refractivity contribution in [3.63, 3.8) is 0 Å². The van der Waals surface area contributed by atoms with Gasteiger partial charge in [-0.2, -0.15) is 0 Å². The summed E-state index contributed by atoms with van der Waals surface area (Å²) in [5.74, 6) is -0.692. The van der Waals surface area contributed by atoms with Crippen molar-refractivity contribution in [2.45, 2.75) is 58.6 Å². The van der Waals surface area contributed by atoms with Crippen molar-refractivity contribution in [1.29, 1.82) is 0 Å². The molecular formula is C21H27IN2O4. The van der Waals surface area contributed by atoms with Crippen LogP contribution in [0.2, 0.25) is 0 Å². The molecule has 1 aromatic carbocycles. The van der Waals surface area contributed by atoms with E-state index in [1.165, 1.54) is 4.90 Å². The van der Waals surface area contributed by atoms with Crippen molar-refractivity contribution in [3.05, 3.63) is 27.8 Å². The molecule has 0 saturated carbocycles. The van der Waals surface area contributed by atoms with Crippen LogP contribution in [0.25, 0.3) is 0 Å². The Morgan fingerprint density at radius 1 is 1.25 bits per heavy atom. The predicted molar refractivity (Wildman–Crippen MR) is 115 cm³/mol. The van der Waals surface area contributed by atoms with Gasteiger partial charge in [0, 0.05) is 23.1 Å². The predicted octanol–water partition coefficient (Wildman–Crippen LogP) is 3.37. The largest absolute Gasteiger partial charge is 0.376 e. The van der Waals surface area contributed by atoms with Crippen molar-refractivity contribution in [2.75, 3.05) is 18.1 Å². The number of nitrogens with zero attached hydrogens (tertiary/aromatic N) is 2. The molecule has 152 valence electrons. The van der Waals surface area contributed by atoms with Gasteiger partial charge in [0.25, 0.3) is 5.91 Å². The summed E-state index contributed by atoms with van der Waals surface area (Å²) in [5, 5.41) is 0. The molecule has 0 spiro atoms. The second-order valence-electron chi connectivity index (χ2n) is 8.68. The summed E-state index contributed by atoms with van der Waals surface area (Å²) in [6, 6.07) is 6.49. The molecule has 2 heterocycles.